The fraction of sp³-hybridized carbons (Fsp3) is 0.500. The maximum atomic E-state index is 12.5. The summed E-state index contributed by atoms with van der Waals surface area (Å²) in [6.45, 7) is 2.80. The predicted molar refractivity (Wildman–Crippen MR) is 74.1 cm³/mol. The summed E-state index contributed by atoms with van der Waals surface area (Å²) in [6.07, 6.45) is 2.47. The number of carbonyl (C=O) groups excluding carboxylic acids is 1. The van der Waals surface area contributed by atoms with Gasteiger partial charge >= 0.3 is 5.97 Å². The minimum Gasteiger partial charge on any atom is -0.481 e. The molecule has 0 aromatic heterocycles. The normalized spacial score (nSPS) is 28.4. The molecular formula is C16H19NO3. The van der Waals surface area contributed by atoms with Gasteiger partial charge in [-0.15, -0.1) is 0 Å². The average molecular weight is 273 g/mol. The van der Waals surface area contributed by atoms with Crippen molar-refractivity contribution >= 4 is 11.9 Å². The molecule has 106 valence electrons. The number of carboxylic acids is 1. The molecule has 1 N–H and O–H groups in total. The Morgan fingerprint density at radius 3 is 2.75 bits per heavy atom. The van der Waals surface area contributed by atoms with Crippen LogP contribution in [0.15, 0.2) is 24.3 Å². The van der Waals surface area contributed by atoms with E-state index in [9.17, 15) is 9.59 Å². The molecule has 0 bridgehead atoms. The number of hydrogen-bond donors (Lipinski definition) is 1. The average Bonchev–Trinajstić information content (AvgIpc) is 3.07. The largest absolute Gasteiger partial charge is 0.481 e. The zero-order valence-electron chi connectivity index (χ0n) is 11.6. The Bertz CT molecular complexity index is 554. The molecule has 1 aliphatic heterocycles. The third kappa shape index (κ3) is 2.30. The van der Waals surface area contributed by atoms with Crippen LogP contribution in [-0.4, -0.2) is 28.4 Å². The number of hydrogen-bond acceptors (Lipinski definition) is 2. The van der Waals surface area contributed by atoms with Crippen LogP contribution < -0.4 is 0 Å². The summed E-state index contributed by atoms with van der Waals surface area (Å²) in [6, 6.07) is 8.37. The van der Waals surface area contributed by atoms with E-state index < -0.39 is 11.9 Å². The molecule has 4 heteroatoms. The predicted octanol–water partition coefficient (Wildman–Crippen LogP) is 2.38. The molecule has 1 heterocycles. The first-order chi connectivity index (χ1) is 9.58. The van der Waals surface area contributed by atoms with E-state index in [0.717, 1.165) is 19.4 Å². The smallest absolute Gasteiger partial charge is 0.307 e. The lowest BCUT2D eigenvalue weighted by Crippen LogP contribution is -2.32. The van der Waals surface area contributed by atoms with Crippen LogP contribution in [0.5, 0.6) is 0 Å². The van der Waals surface area contributed by atoms with Gasteiger partial charge in [-0.2, -0.15) is 0 Å². The molecule has 4 nitrogen and oxygen atoms in total. The minimum atomic E-state index is -0.838. The molecule has 3 atom stereocenters. The van der Waals surface area contributed by atoms with Crippen LogP contribution in [0, 0.1) is 18.8 Å². The molecule has 0 unspecified atom stereocenters. The molecule has 1 saturated carbocycles. The van der Waals surface area contributed by atoms with Crippen LogP contribution in [0.3, 0.4) is 0 Å². The Morgan fingerprint density at radius 1 is 1.30 bits per heavy atom. The van der Waals surface area contributed by atoms with Gasteiger partial charge in [0, 0.05) is 6.54 Å². The van der Waals surface area contributed by atoms with E-state index in [-0.39, 0.29) is 17.9 Å². The SMILES string of the molecule is Cc1cccc([C@@H]2CCCN2C(=O)[C@@H]2C[C@H]2C(=O)O)c1. The minimum absolute atomic E-state index is 0.0291. The summed E-state index contributed by atoms with van der Waals surface area (Å²) in [5.41, 5.74) is 2.36. The van der Waals surface area contributed by atoms with Crippen LogP contribution in [0.1, 0.15) is 36.4 Å². The van der Waals surface area contributed by atoms with Crippen molar-refractivity contribution in [1.29, 1.82) is 0 Å². The number of benzene rings is 1. The van der Waals surface area contributed by atoms with Crippen molar-refractivity contribution in [1.82, 2.24) is 4.90 Å². The van der Waals surface area contributed by atoms with E-state index in [1.54, 1.807) is 0 Å². The highest BCUT2D eigenvalue weighted by molar-refractivity contribution is 5.89. The maximum Gasteiger partial charge on any atom is 0.307 e. The van der Waals surface area contributed by atoms with E-state index in [1.807, 2.05) is 24.0 Å². The Hall–Kier alpha value is -1.84. The summed E-state index contributed by atoms with van der Waals surface area (Å²) in [7, 11) is 0. The van der Waals surface area contributed by atoms with Crippen LogP contribution in [-0.2, 0) is 9.59 Å². The molecule has 1 aromatic rings. The molecule has 2 fully saturated rings. The van der Waals surface area contributed by atoms with Crippen molar-refractivity contribution in [2.45, 2.75) is 32.2 Å². The summed E-state index contributed by atoms with van der Waals surface area (Å²) in [5.74, 6) is -1.56. The number of amides is 1. The second kappa shape index (κ2) is 4.93. The molecule has 0 spiro atoms. The van der Waals surface area contributed by atoms with Crippen molar-refractivity contribution in [3.05, 3.63) is 35.4 Å². The van der Waals surface area contributed by atoms with Crippen LogP contribution >= 0.6 is 0 Å². The van der Waals surface area contributed by atoms with Gasteiger partial charge in [-0.25, -0.2) is 0 Å². The lowest BCUT2D eigenvalue weighted by Gasteiger charge is -2.25. The molecule has 2 aliphatic rings. The summed E-state index contributed by atoms with van der Waals surface area (Å²) in [4.78, 5) is 25.3. The highest BCUT2D eigenvalue weighted by atomic mass is 16.4. The van der Waals surface area contributed by atoms with E-state index in [1.165, 1.54) is 11.1 Å². The lowest BCUT2D eigenvalue weighted by atomic mass is 10.0. The van der Waals surface area contributed by atoms with Gasteiger partial charge in [0.2, 0.25) is 5.91 Å². The molecule has 1 amide bonds. The Labute approximate surface area is 118 Å². The van der Waals surface area contributed by atoms with Crippen LogP contribution in [0.4, 0.5) is 0 Å². The first-order valence-corrected chi connectivity index (χ1v) is 7.18. The monoisotopic (exact) mass is 273 g/mol. The number of rotatable bonds is 3. The van der Waals surface area contributed by atoms with Crippen molar-refractivity contribution in [3.63, 3.8) is 0 Å². The van der Waals surface area contributed by atoms with Crippen molar-refractivity contribution in [2.75, 3.05) is 6.54 Å². The van der Waals surface area contributed by atoms with Crippen LogP contribution in [0.25, 0.3) is 0 Å². The fourth-order valence-electron chi connectivity index (χ4n) is 3.21. The third-order valence-electron chi connectivity index (χ3n) is 4.39. The van der Waals surface area contributed by atoms with E-state index in [0.29, 0.717) is 6.42 Å². The Kier molecular flexibility index (Phi) is 3.24. The van der Waals surface area contributed by atoms with Crippen molar-refractivity contribution in [2.24, 2.45) is 11.8 Å². The second-order valence-electron chi connectivity index (χ2n) is 5.89. The number of carboxylic acid groups (broad SMARTS) is 1. The third-order valence-corrected chi connectivity index (χ3v) is 4.39. The van der Waals surface area contributed by atoms with Gasteiger partial charge < -0.3 is 10.0 Å². The number of nitrogens with zero attached hydrogens (tertiary/aromatic N) is 1. The zero-order chi connectivity index (χ0) is 14.3. The van der Waals surface area contributed by atoms with E-state index in [2.05, 4.69) is 12.1 Å². The Balaban J connectivity index is 1.76. The van der Waals surface area contributed by atoms with Gasteiger partial charge in [-0.05, 0) is 31.7 Å². The number of likely N-dealkylation sites (tertiary alicyclic amines) is 1. The van der Waals surface area contributed by atoms with E-state index in [4.69, 9.17) is 5.11 Å². The highest BCUT2D eigenvalue weighted by Crippen LogP contribution is 2.43. The lowest BCUT2D eigenvalue weighted by molar-refractivity contribution is -0.142. The van der Waals surface area contributed by atoms with Gasteiger partial charge in [-0.3, -0.25) is 9.59 Å². The van der Waals surface area contributed by atoms with Crippen molar-refractivity contribution < 1.29 is 14.7 Å². The molecule has 1 saturated heterocycles. The Morgan fingerprint density at radius 2 is 2.10 bits per heavy atom. The maximum absolute atomic E-state index is 12.5. The molecular weight excluding hydrogens is 254 g/mol. The number of aliphatic carboxylic acids is 1. The van der Waals surface area contributed by atoms with Gasteiger partial charge in [-0.1, -0.05) is 29.8 Å². The standard InChI is InChI=1S/C16H19NO3/c1-10-4-2-5-11(8-10)14-6-3-7-17(14)15(18)12-9-13(12)16(19)20/h2,4-5,8,12-14H,3,6-7,9H2,1H3,(H,19,20)/t12-,13-,14+/m1/s1. The van der Waals surface area contributed by atoms with Gasteiger partial charge in [0.25, 0.3) is 0 Å². The van der Waals surface area contributed by atoms with Gasteiger partial charge in [0.15, 0.2) is 0 Å². The van der Waals surface area contributed by atoms with Gasteiger partial charge in [0.1, 0.15) is 0 Å². The fourth-order valence-corrected chi connectivity index (χ4v) is 3.21. The van der Waals surface area contributed by atoms with Crippen molar-refractivity contribution in [3.8, 4) is 0 Å². The first-order valence-electron chi connectivity index (χ1n) is 7.18. The number of carbonyl (C=O) groups is 2. The topological polar surface area (TPSA) is 57.6 Å². The first kappa shape index (κ1) is 13.2. The molecule has 1 aromatic carbocycles. The van der Waals surface area contributed by atoms with Crippen LogP contribution in [0.2, 0.25) is 0 Å². The molecule has 1 aliphatic carbocycles. The van der Waals surface area contributed by atoms with Gasteiger partial charge in [0.05, 0.1) is 17.9 Å². The highest BCUT2D eigenvalue weighted by Gasteiger charge is 2.51. The quantitative estimate of drug-likeness (QED) is 0.920. The van der Waals surface area contributed by atoms with E-state index >= 15 is 0 Å². The second-order valence-corrected chi connectivity index (χ2v) is 5.89. The summed E-state index contributed by atoms with van der Waals surface area (Å²) < 4.78 is 0. The molecule has 0 radical (unpaired) electrons. The summed E-state index contributed by atoms with van der Waals surface area (Å²) >= 11 is 0. The molecule has 3 rings (SSSR count). The zero-order valence-corrected chi connectivity index (χ0v) is 11.6. The number of aryl methyl sites for hydroxylation is 1. The molecule has 20 heavy (non-hydrogen) atoms. The summed E-state index contributed by atoms with van der Waals surface area (Å²) in [5, 5.41) is 8.96.